The monoisotopic (exact) mass is 360 g/mol. The van der Waals surface area contributed by atoms with Gasteiger partial charge in [0.05, 0.1) is 29.5 Å². The number of nitrogens with one attached hydrogen (secondary N) is 3. The number of hydrogen-bond donors (Lipinski definition) is 3. The van der Waals surface area contributed by atoms with E-state index in [1.165, 1.54) is 18.4 Å². The highest BCUT2D eigenvalue weighted by Gasteiger charge is 2.13. The molecule has 2 aromatic heterocycles. The summed E-state index contributed by atoms with van der Waals surface area (Å²) in [7, 11) is 0. The van der Waals surface area contributed by atoms with Crippen molar-refractivity contribution in [3.8, 4) is 0 Å². The van der Waals surface area contributed by atoms with Gasteiger partial charge >= 0.3 is 0 Å². The molecule has 0 aliphatic carbocycles. The van der Waals surface area contributed by atoms with E-state index in [0.717, 1.165) is 48.2 Å². The fraction of sp³-hybridized carbons (Fsp3) is 0.238. The Balaban J connectivity index is 1.39. The van der Waals surface area contributed by atoms with Crippen LogP contribution in [-0.4, -0.2) is 28.3 Å². The second-order valence-corrected chi connectivity index (χ2v) is 6.70. The van der Waals surface area contributed by atoms with Gasteiger partial charge in [-0.1, -0.05) is 36.9 Å². The normalized spacial score (nSPS) is 13.6. The van der Waals surface area contributed by atoms with Crippen molar-refractivity contribution in [3.63, 3.8) is 0 Å². The lowest BCUT2D eigenvalue weighted by Gasteiger charge is -2.17. The number of hydrogen-bond acceptors (Lipinski definition) is 5. The second kappa shape index (κ2) is 7.95. The van der Waals surface area contributed by atoms with Gasteiger partial charge in [0.1, 0.15) is 11.5 Å². The Hall–Kier alpha value is -3.28. The third-order valence-electron chi connectivity index (χ3n) is 4.74. The molecule has 0 amide bonds. The third-order valence-corrected chi connectivity index (χ3v) is 4.74. The van der Waals surface area contributed by atoms with Gasteiger partial charge in [0.15, 0.2) is 0 Å². The summed E-state index contributed by atoms with van der Waals surface area (Å²) >= 11 is 0. The van der Waals surface area contributed by atoms with Gasteiger partial charge in [-0.2, -0.15) is 5.10 Å². The van der Waals surface area contributed by atoms with Gasteiger partial charge in [-0.05, 0) is 30.5 Å². The number of rotatable bonds is 7. The number of aromatic amines is 1. The lowest BCUT2D eigenvalue weighted by molar-refractivity contribution is 0.938. The highest BCUT2D eigenvalue weighted by molar-refractivity contribution is 5.79. The lowest BCUT2D eigenvalue weighted by atomic mass is 10.2. The molecule has 3 aromatic rings. The van der Waals surface area contributed by atoms with E-state index < -0.39 is 0 Å². The Morgan fingerprint density at radius 1 is 1.07 bits per heavy atom. The summed E-state index contributed by atoms with van der Waals surface area (Å²) in [6.45, 7) is 7.06. The van der Waals surface area contributed by atoms with Gasteiger partial charge in [-0.15, -0.1) is 0 Å². The van der Waals surface area contributed by atoms with E-state index in [1.807, 2.05) is 30.5 Å². The van der Waals surface area contributed by atoms with Crippen LogP contribution in [0, 0.1) is 0 Å². The fourth-order valence-electron chi connectivity index (χ4n) is 3.27. The quantitative estimate of drug-likeness (QED) is 0.592. The molecule has 1 aliphatic heterocycles. The third kappa shape index (κ3) is 4.11. The minimum absolute atomic E-state index is 0.729. The molecule has 0 atom stereocenters. The summed E-state index contributed by atoms with van der Waals surface area (Å²) in [5.74, 6) is 1.04. The van der Waals surface area contributed by atoms with Gasteiger partial charge < -0.3 is 15.5 Å². The molecule has 27 heavy (non-hydrogen) atoms. The minimum atomic E-state index is 0.729. The molecule has 138 valence electrons. The van der Waals surface area contributed by atoms with Crippen molar-refractivity contribution in [2.75, 3.05) is 28.6 Å². The van der Waals surface area contributed by atoms with E-state index >= 15 is 0 Å². The number of anilines is 3. The summed E-state index contributed by atoms with van der Waals surface area (Å²) in [4.78, 5) is 6.89. The van der Waals surface area contributed by atoms with E-state index in [1.54, 1.807) is 6.20 Å². The highest BCUT2D eigenvalue weighted by Crippen LogP contribution is 2.24. The Morgan fingerprint density at radius 3 is 2.63 bits per heavy atom. The fourth-order valence-corrected chi connectivity index (χ4v) is 3.27. The van der Waals surface area contributed by atoms with E-state index in [9.17, 15) is 0 Å². The molecule has 6 heteroatoms. The molecule has 1 aliphatic rings. The van der Waals surface area contributed by atoms with Crippen LogP contribution in [0.25, 0.3) is 5.70 Å². The summed E-state index contributed by atoms with van der Waals surface area (Å²) in [6.07, 6.45) is 6.13. The molecule has 6 nitrogen and oxygen atoms in total. The van der Waals surface area contributed by atoms with Crippen LogP contribution in [-0.2, 0) is 6.54 Å². The van der Waals surface area contributed by atoms with Crippen molar-refractivity contribution in [1.82, 2.24) is 15.2 Å². The van der Waals surface area contributed by atoms with Crippen molar-refractivity contribution < 1.29 is 0 Å². The van der Waals surface area contributed by atoms with Crippen LogP contribution in [0.15, 0.2) is 61.4 Å². The highest BCUT2D eigenvalue weighted by atomic mass is 15.2. The molecule has 3 N–H and O–H groups in total. The molecule has 4 rings (SSSR count). The molecule has 1 aromatic carbocycles. The first kappa shape index (κ1) is 17.1. The number of pyridine rings is 1. The van der Waals surface area contributed by atoms with Crippen LogP contribution in [0.2, 0.25) is 0 Å². The number of nitrogens with zero attached hydrogens (tertiary/aromatic N) is 3. The van der Waals surface area contributed by atoms with Crippen molar-refractivity contribution in [2.45, 2.75) is 19.4 Å². The molecule has 0 unspecified atom stereocenters. The smallest absolute Gasteiger partial charge is 0.128 e. The Labute approximate surface area is 159 Å². The summed E-state index contributed by atoms with van der Waals surface area (Å²) in [5.41, 5.74) is 4.63. The molecule has 1 saturated heterocycles. The van der Waals surface area contributed by atoms with E-state index in [0.29, 0.717) is 0 Å². The minimum Gasteiger partial charge on any atom is -0.378 e. The zero-order valence-corrected chi connectivity index (χ0v) is 15.3. The predicted octanol–water partition coefficient (Wildman–Crippen LogP) is 4.10. The SMILES string of the molecule is C=C(Nc1ccc(N2CCCC2)nc1)c1[nH]ncc1NCc1ccccc1. The van der Waals surface area contributed by atoms with Gasteiger partial charge in [-0.3, -0.25) is 5.10 Å². The van der Waals surface area contributed by atoms with Gasteiger partial charge in [-0.25, -0.2) is 4.98 Å². The van der Waals surface area contributed by atoms with Crippen LogP contribution in [0.4, 0.5) is 17.2 Å². The average molecular weight is 360 g/mol. The standard InChI is InChI=1S/C21H24N6/c1-16(25-18-9-10-20(23-14-18)27-11-5-6-12-27)21-19(15-24-26-21)22-13-17-7-3-2-4-8-17/h2-4,7-10,14-15,22,25H,1,5-6,11-13H2,(H,24,26). The van der Waals surface area contributed by atoms with E-state index in [2.05, 4.69) is 55.5 Å². The Morgan fingerprint density at radius 2 is 1.89 bits per heavy atom. The Bertz CT molecular complexity index is 879. The van der Waals surface area contributed by atoms with Crippen molar-refractivity contribution in [1.29, 1.82) is 0 Å². The molecule has 0 radical (unpaired) electrons. The zero-order chi connectivity index (χ0) is 18.5. The molecule has 3 heterocycles. The predicted molar refractivity (Wildman–Crippen MR) is 111 cm³/mol. The molecular weight excluding hydrogens is 336 g/mol. The second-order valence-electron chi connectivity index (χ2n) is 6.70. The maximum absolute atomic E-state index is 4.57. The lowest BCUT2D eigenvalue weighted by Crippen LogP contribution is -2.18. The van der Waals surface area contributed by atoms with Crippen molar-refractivity contribution in [3.05, 3.63) is 72.7 Å². The first-order valence-electron chi connectivity index (χ1n) is 9.28. The number of H-pyrrole nitrogens is 1. The topological polar surface area (TPSA) is 68.9 Å². The van der Waals surface area contributed by atoms with Crippen LogP contribution >= 0.6 is 0 Å². The van der Waals surface area contributed by atoms with Crippen LogP contribution in [0.1, 0.15) is 24.1 Å². The molecule has 0 spiro atoms. The first-order valence-corrected chi connectivity index (χ1v) is 9.28. The van der Waals surface area contributed by atoms with Crippen molar-refractivity contribution in [2.24, 2.45) is 0 Å². The molecular formula is C21H24N6. The zero-order valence-electron chi connectivity index (χ0n) is 15.3. The van der Waals surface area contributed by atoms with Crippen molar-refractivity contribution >= 4 is 22.9 Å². The molecule has 1 fully saturated rings. The summed E-state index contributed by atoms with van der Waals surface area (Å²) in [5, 5.41) is 13.9. The molecule has 0 saturated carbocycles. The van der Waals surface area contributed by atoms with E-state index in [4.69, 9.17) is 0 Å². The van der Waals surface area contributed by atoms with Crippen LogP contribution in [0.3, 0.4) is 0 Å². The molecule has 0 bridgehead atoms. The van der Waals surface area contributed by atoms with Crippen LogP contribution in [0.5, 0.6) is 0 Å². The number of benzene rings is 1. The summed E-state index contributed by atoms with van der Waals surface area (Å²) < 4.78 is 0. The van der Waals surface area contributed by atoms with Gasteiger partial charge in [0.2, 0.25) is 0 Å². The largest absolute Gasteiger partial charge is 0.378 e. The first-order chi connectivity index (χ1) is 13.3. The Kier molecular flexibility index (Phi) is 5.05. The van der Waals surface area contributed by atoms with Crippen LogP contribution < -0.4 is 15.5 Å². The van der Waals surface area contributed by atoms with Gasteiger partial charge in [0, 0.05) is 19.6 Å². The average Bonchev–Trinajstić information content (AvgIpc) is 3.40. The number of aromatic nitrogens is 3. The maximum atomic E-state index is 4.57. The van der Waals surface area contributed by atoms with E-state index in [-0.39, 0.29) is 0 Å². The van der Waals surface area contributed by atoms with Gasteiger partial charge in [0.25, 0.3) is 0 Å². The maximum Gasteiger partial charge on any atom is 0.128 e. The summed E-state index contributed by atoms with van der Waals surface area (Å²) in [6, 6.07) is 14.4.